The van der Waals surface area contributed by atoms with E-state index < -0.39 is 35.7 Å². The van der Waals surface area contributed by atoms with E-state index in [2.05, 4.69) is 4.90 Å². The molecule has 212 valence electrons. The first-order chi connectivity index (χ1) is 19.2. The van der Waals surface area contributed by atoms with Crippen LogP contribution in [0.5, 0.6) is 11.5 Å². The molecule has 10 heteroatoms. The van der Waals surface area contributed by atoms with Crippen LogP contribution in [0.1, 0.15) is 50.3 Å². The van der Waals surface area contributed by atoms with E-state index in [4.69, 9.17) is 28.4 Å². The summed E-state index contributed by atoms with van der Waals surface area (Å²) < 4.78 is 33.9. The summed E-state index contributed by atoms with van der Waals surface area (Å²) in [7, 11) is 0. The van der Waals surface area contributed by atoms with Crippen molar-refractivity contribution in [2.24, 2.45) is 0 Å². The summed E-state index contributed by atoms with van der Waals surface area (Å²) in [6, 6.07) is 13.0. The second kappa shape index (κ2) is 10.0. The van der Waals surface area contributed by atoms with Gasteiger partial charge in [-0.3, -0.25) is 4.90 Å². The van der Waals surface area contributed by atoms with E-state index in [9.17, 15) is 14.7 Å². The number of nitrogens with zero attached hydrogens (tertiary/aromatic N) is 1. The molecule has 1 spiro atoms. The molecule has 1 N–H and O–H groups in total. The van der Waals surface area contributed by atoms with Crippen molar-refractivity contribution in [2.45, 2.75) is 70.0 Å². The number of benzene rings is 2. The van der Waals surface area contributed by atoms with Crippen molar-refractivity contribution in [3.8, 4) is 11.5 Å². The van der Waals surface area contributed by atoms with Crippen LogP contribution in [0, 0.1) is 0 Å². The van der Waals surface area contributed by atoms with Crippen LogP contribution < -0.4 is 9.47 Å². The maximum atomic E-state index is 13.0. The Bertz CT molecular complexity index is 1350. The highest BCUT2D eigenvalue weighted by Crippen LogP contribution is 2.56. The third-order valence-electron chi connectivity index (χ3n) is 7.78. The molecule has 3 heterocycles. The van der Waals surface area contributed by atoms with Crippen molar-refractivity contribution in [1.82, 2.24) is 4.90 Å². The van der Waals surface area contributed by atoms with Gasteiger partial charge in [-0.05, 0) is 75.4 Å². The van der Waals surface area contributed by atoms with E-state index in [0.717, 1.165) is 29.7 Å². The maximum absolute atomic E-state index is 13.0. The topological polar surface area (TPSA) is 113 Å². The Kier molecular flexibility index (Phi) is 6.62. The minimum atomic E-state index is -1.44. The van der Waals surface area contributed by atoms with E-state index in [1.54, 1.807) is 20.8 Å². The molecule has 10 nitrogen and oxygen atoms in total. The smallest absolute Gasteiger partial charge is 0.454 e. The van der Waals surface area contributed by atoms with Gasteiger partial charge in [0.05, 0.1) is 5.54 Å². The number of ether oxygens (including phenoxy) is 6. The predicted octanol–water partition coefficient (Wildman–Crippen LogP) is 4.57. The number of fused-ring (bicyclic) bond motifs is 3. The van der Waals surface area contributed by atoms with Crippen molar-refractivity contribution >= 4 is 17.9 Å². The first-order valence-corrected chi connectivity index (χ1v) is 13.5. The molecule has 0 saturated carbocycles. The Balaban J connectivity index is 1.41. The molecule has 2 aromatic rings. The van der Waals surface area contributed by atoms with Crippen LogP contribution in [0.15, 0.2) is 48.2 Å². The number of rotatable bonds is 4. The number of aliphatic hydroxyl groups is 1. The fraction of sp³-hybridized carbons (Fsp3) is 0.467. The van der Waals surface area contributed by atoms with Crippen molar-refractivity contribution in [3.05, 3.63) is 64.9 Å². The second-order valence-corrected chi connectivity index (χ2v) is 11.4. The van der Waals surface area contributed by atoms with Crippen molar-refractivity contribution in [3.63, 3.8) is 0 Å². The summed E-state index contributed by atoms with van der Waals surface area (Å²) in [5.74, 6) is 1.20. The summed E-state index contributed by atoms with van der Waals surface area (Å²) in [4.78, 5) is 28.1. The SMILES string of the molecule is CC(C)(C)OC(=O)O[C@@H]1[C@H](O)C(OC(=O)OCc2ccccc2)=C2c3cc4c(cc3CCN3CCC[C@@]213)OCO4. The van der Waals surface area contributed by atoms with E-state index in [1.807, 2.05) is 42.5 Å². The quantitative estimate of drug-likeness (QED) is 0.543. The van der Waals surface area contributed by atoms with Gasteiger partial charge in [-0.25, -0.2) is 9.59 Å². The van der Waals surface area contributed by atoms with Gasteiger partial charge in [-0.15, -0.1) is 0 Å². The van der Waals surface area contributed by atoms with Crippen LogP contribution in [0.3, 0.4) is 0 Å². The van der Waals surface area contributed by atoms with Gasteiger partial charge in [0.1, 0.15) is 18.0 Å². The van der Waals surface area contributed by atoms with Crippen LogP contribution in [-0.4, -0.2) is 65.5 Å². The standard InChI is InChI=1S/C30H33NO9/c1-29(2,3)40-28(34)39-26-24(32)25(38-27(33)35-16-18-8-5-4-6-9-18)23-20-15-22-21(36-17-37-22)14-19(20)10-13-31-12-7-11-30(23,26)31/h4-6,8-9,14-15,24,26,32H,7,10-13,16-17H2,1-3H3/t24-,26-,30-/m1/s1. The van der Waals surface area contributed by atoms with Gasteiger partial charge in [0.25, 0.3) is 0 Å². The summed E-state index contributed by atoms with van der Waals surface area (Å²) in [6.45, 7) is 6.69. The summed E-state index contributed by atoms with van der Waals surface area (Å²) in [6.07, 6.45) is -2.33. The molecule has 40 heavy (non-hydrogen) atoms. The van der Waals surface area contributed by atoms with Gasteiger partial charge in [-0.2, -0.15) is 0 Å². The molecular formula is C30H33NO9. The lowest BCUT2D eigenvalue weighted by atomic mass is 9.81. The molecule has 4 aliphatic rings. The van der Waals surface area contributed by atoms with E-state index >= 15 is 0 Å². The zero-order chi connectivity index (χ0) is 28.1. The first-order valence-electron chi connectivity index (χ1n) is 13.5. The Morgan fingerprint density at radius 3 is 2.58 bits per heavy atom. The van der Waals surface area contributed by atoms with E-state index in [-0.39, 0.29) is 19.2 Å². The van der Waals surface area contributed by atoms with Gasteiger partial charge in [0.2, 0.25) is 6.79 Å². The Labute approximate surface area is 232 Å². The lowest BCUT2D eigenvalue weighted by Gasteiger charge is -2.40. The van der Waals surface area contributed by atoms with E-state index in [1.165, 1.54) is 0 Å². The first kappa shape index (κ1) is 26.5. The number of aliphatic hydroxyl groups excluding tert-OH is 1. The highest BCUT2D eigenvalue weighted by atomic mass is 16.7. The molecule has 0 unspecified atom stereocenters. The van der Waals surface area contributed by atoms with Gasteiger partial charge in [0.15, 0.2) is 23.7 Å². The summed E-state index contributed by atoms with van der Waals surface area (Å²) in [5, 5.41) is 11.7. The molecule has 1 saturated heterocycles. The van der Waals surface area contributed by atoms with Crippen molar-refractivity contribution in [2.75, 3.05) is 19.9 Å². The molecule has 1 fully saturated rings. The van der Waals surface area contributed by atoms with Crippen LogP contribution in [0.4, 0.5) is 9.59 Å². The largest absolute Gasteiger partial charge is 0.513 e. The highest BCUT2D eigenvalue weighted by molar-refractivity contribution is 5.85. The van der Waals surface area contributed by atoms with Crippen molar-refractivity contribution < 1.29 is 43.1 Å². The molecule has 0 amide bonds. The third-order valence-corrected chi connectivity index (χ3v) is 7.78. The Morgan fingerprint density at radius 1 is 1.07 bits per heavy atom. The van der Waals surface area contributed by atoms with Crippen LogP contribution in [-0.2, 0) is 32.0 Å². The molecule has 3 atom stereocenters. The third kappa shape index (κ3) is 4.65. The minimum Gasteiger partial charge on any atom is -0.454 e. The molecule has 6 rings (SSSR count). The van der Waals surface area contributed by atoms with Gasteiger partial charge in [0, 0.05) is 12.1 Å². The lowest BCUT2D eigenvalue weighted by Crippen LogP contribution is -2.55. The van der Waals surface area contributed by atoms with Gasteiger partial charge >= 0.3 is 12.3 Å². The fourth-order valence-corrected chi connectivity index (χ4v) is 6.25. The summed E-state index contributed by atoms with van der Waals surface area (Å²) in [5.41, 5.74) is 1.36. The molecule has 0 radical (unpaired) electrons. The van der Waals surface area contributed by atoms with Gasteiger partial charge < -0.3 is 33.5 Å². The normalized spacial score (nSPS) is 25.0. The average Bonchev–Trinajstić information content (AvgIpc) is 3.57. The fourth-order valence-electron chi connectivity index (χ4n) is 6.25. The Morgan fingerprint density at radius 2 is 1.82 bits per heavy atom. The molecule has 2 aromatic carbocycles. The zero-order valence-corrected chi connectivity index (χ0v) is 22.8. The molecule has 3 aliphatic heterocycles. The number of carbonyl (C=O) groups is 2. The number of hydrogen-bond acceptors (Lipinski definition) is 10. The zero-order valence-electron chi connectivity index (χ0n) is 22.8. The number of hydrogen-bond donors (Lipinski definition) is 1. The van der Waals surface area contributed by atoms with Gasteiger partial charge in [-0.1, -0.05) is 30.3 Å². The second-order valence-electron chi connectivity index (χ2n) is 11.4. The van der Waals surface area contributed by atoms with Crippen LogP contribution in [0.25, 0.3) is 5.57 Å². The monoisotopic (exact) mass is 551 g/mol. The van der Waals surface area contributed by atoms with Crippen molar-refractivity contribution in [1.29, 1.82) is 0 Å². The average molecular weight is 552 g/mol. The number of carbonyl (C=O) groups excluding carboxylic acids is 2. The maximum Gasteiger partial charge on any atom is 0.513 e. The molecule has 0 bridgehead atoms. The van der Waals surface area contributed by atoms with Crippen LogP contribution >= 0.6 is 0 Å². The molecule has 0 aromatic heterocycles. The molecule has 1 aliphatic carbocycles. The molecular weight excluding hydrogens is 518 g/mol. The highest BCUT2D eigenvalue weighted by Gasteiger charge is 2.63. The lowest BCUT2D eigenvalue weighted by molar-refractivity contribution is -0.0862. The summed E-state index contributed by atoms with van der Waals surface area (Å²) >= 11 is 0. The Hall–Kier alpha value is -3.76. The minimum absolute atomic E-state index is 0.000496. The van der Waals surface area contributed by atoms with Crippen LogP contribution in [0.2, 0.25) is 0 Å². The predicted molar refractivity (Wildman–Crippen MR) is 142 cm³/mol. The van der Waals surface area contributed by atoms with E-state index in [0.29, 0.717) is 36.5 Å².